The van der Waals surface area contributed by atoms with Crippen molar-refractivity contribution in [3.8, 4) is 11.5 Å². The maximum Gasteiger partial charge on any atom is 0.123 e. The Morgan fingerprint density at radius 1 is 1.14 bits per heavy atom. The van der Waals surface area contributed by atoms with Crippen molar-refractivity contribution in [2.45, 2.75) is 26.1 Å². The molecular weight excluding hydrogens is 364 g/mol. The van der Waals surface area contributed by atoms with Gasteiger partial charge in [0.1, 0.15) is 24.2 Å². The van der Waals surface area contributed by atoms with E-state index in [1.54, 1.807) is 12.4 Å². The van der Waals surface area contributed by atoms with Crippen molar-refractivity contribution in [1.29, 1.82) is 0 Å². The standard InChI is InChI=1S/C24H26N2O3/c1-2-28-22-8-4-3-6-20(22)16-26-12-13-29-23-10-9-18(14-21(23)17-26)24(27)19-7-5-11-25-15-19/h3-11,14-15,24,27H,2,12-13,16-17H2,1H3. The average Bonchev–Trinajstić information content (AvgIpc) is 2.96. The Kier molecular flexibility index (Phi) is 6.08. The zero-order valence-electron chi connectivity index (χ0n) is 16.6. The Balaban J connectivity index is 1.55. The lowest BCUT2D eigenvalue weighted by atomic mass is 10.00. The van der Waals surface area contributed by atoms with Crippen LogP contribution < -0.4 is 9.47 Å². The van der Waals surface area contributed by atoms with Gasteiger partial charge in [0.05, 0.1) is 6.61 Å². The summed E-state index contributed by atoms with van der Waals surface area (Å²) in [5, 5.41) is 10.7. The van der Waals surface area contributed by atoms with Crippen LogP contribution in [-0.4, -0.2) is 34.7 Å². The van der Waals surface area contributed by atoms with E-state index in [-0.39, 0.29) is 0 Å². The van der Waals surface area contributed by atoms with E-state index < -0.39 is 6.10 Å². The van der Waals surface area contributed by atoms with Gasteiger partial charge in [0.25, 0.3) is 0 Å². The van der Waals surface area contributed by atoms with Gasteiger partial charge in [-0.3, -0.25) is 9.88 Å². The molecule has 0 radical (unpaired) electrons. The molecule has 1 aliphatic heterocycles. The number of rotatable bonds is 6. The fourth-order valence-electron chi connectivity index (χ4n) is 3.68. The van der Waals surface area contributed by atoms with Crippen molar-refractivity contribution < 1.29 is 14.6 Å². The number of ether oxygens (including phenoxy) is 2. The molecule has 0 fully saturated rings. The Bertz CT molecular complexity index is 946. The molecule has 2 aromatic carbocycles. The molecule has 5 nitrogen and oxygen atoms in total. The third-order valence-electron chi connectivity index (χ3n) is 5.13. The number of para-hydroxylation sites is 1. The molecule has 0 saturated heterocycles. The predicted octanol–water partition coefficient (Wildman–Crippen LogP) is 3.96. The van der Waals surface area contributed by atoms with Gasteiger partial charge in [-0.2, -0.15) is 0 Å². The fourth-order valence-corrected chi connectivity index (χ4v) is 3.68. The topological polar surface area (TPSA) is 54.8 Å². The third-order valence-corrected chi connectivity index (χ3v) is 5.13. The van der Waals surface area contributed by atoms with Gasteiger partial charge in [-0.15, -0.1) is 0 Å². The van der Waals surface area contributed by atoms with Crippen LogP contribution in [0.2, 0.25) is 0 Å². The van der Waals surface area contributed by atoms with Crippen LogP contribution in [0, 0.1) is 0 Å². The van der Waals surface area contributed by atoms with Crippen molar-refractivity contribution in [2.75, 3.05) is 19.8 Å². The summed E-state index contributed by atoms with van der Waals surface area (Å²) in [4.78, 5) is 6.46. The second-order valence-corrected chi connectivity index (χ2v) is 7.16. The van der Waals surface area contributed by atoms with Crippen molar-refractivity contribution in [1.82, 2.24) is 9.88 Å². The first-order chi connectivity index (χ1) is 14.2. The second-order valence-electron chi connectivity index (χ2n) is 7.16. The summed E-state index contributed by atoms with van der Waals surface area (Å²) >= 11 is 0. The summed E-state index contributed by atoms with van der Waals surface area (Å²) in [6.07, 6.45) is 2.70. The minimum absolute atomic E-state index is 0.633. The number of benzene rings is 2. The van der Waals surface area contributed by atoms with Crippen LogP contribution in [0.25, 0.3) is 0 Å². The van der Waals surface area contributed by atoms with Gasteiger partial charge in [0.2, 0.25) is 0 Å². The summed E-state index contributed by atoms with van der Waals surface area (Å²) in [6, 6.07) is 17.8. The van der Waals surface area contributed by atoms with E-state index in [0.29, 0.717) is 13.2 Å². The molecule has 1 unspecified atom stereocenters. The molecule has 0 bridgehead atoms. The van der Waals surface area contributed by atoms with Crippen molar-refractivity contribution in [2.24, 2.45) is 0 Å². The third kappa shape index (κ3) is 4.58. The Morgan fingerprint density at radius 2 is 2.03 bits per heavy atom. The molecule has 2 heterocycles. The Hall–Kier alpha value is -2.89. The average molecular weight is 390 g/mol. The normalized spacial score (nSPS) is 15.1. The Morgan fingerprint density at radius 3 is 2.86 bits per heavy atom. The minimum Gasteiger partial charge on any atom is -0.494 e. The van der Waals surface area contributed by atoms with Crippen LogP contribution in [0.1, 0.15) is 35.3 Å². The van der Waals surface area contributed by atoms with Gasteiger partial charge in [-0.25, -0.2) is 0 Å². The van der Waals surface area contributed by atoms with Gasteiger partial charge in [0, 0.05) is 48.7 Å². The van der Waals surface area contributed by atoms with E-state index in [1.807, 2.05) is 55.5 Å². The molecule has 5 heteroatoms. The molecule has 29 heavy (non-hydrogen) atoms. The molecule has 0 saturated carbocycles. The summed E-state index contributed by atoms with van der Waals surface area (Å²) in [5.74, 6) is 1.81. The number of hydrogen-bond donors (Lipinski definition) is 1. The molecule has 1 N–H and O–H groups in total. The lowest BCUT2D eigenvalue weighted by molar-refractivity contribution is 0.216. The number of fused-ring (bicyclic) bond motifs is 1. The smallest absolute Gasteiger partial charge is 0.123 e. The molecule has 0 aliphatic carbocycles. The molecule has 0 spiro atoms. The maximum atomic E-state index is 10.7. The number of nitrogens with zero attached hydrogens (tertiary/aromatic N) is 2. The van der Waals surface area contributed by atoms with Crippen LogP contribution in [0.15, 0.2) is 67.0 Å². The SMILES string of the molecule is CCOc1ccccc1CN1CCOc2ccc(C(O)c3cccnc3)cc2C1. The molecular formula is C24H26N2O3. The quantitative estimate of drug-likeness (QED) is 0.691. The van der Waals surface area contributed by atoms with Crippen LogP contribution in [0.3, 0.4) is 0 Å². The second kappa shape index (κ2) is 9.07. The minimum atomic E-state index is -0.704. The van der Waals surface area contributed by atoms with E-state index in [2.05, 4.69) is 16.0 Å². The highest BCUT2D eigenvalue weighted by Crippen LogP contribution is 2.30. The van der Waals surface area contributed by atoms with Crippen molar-refractivity contribution in [3.05, 3.63) is 89.2 Å². The molecule has 4 rings (SSSR count). The monoisotopic (exact) mass is 390 g/mol. The summed E-state index contributed by atoms with van der Waals surface area (Å²) in [5.41, 5.74) is 3.88. The van der Waals surface area contributed by atoms with E-state index in [0.717, 1.165) is 47.8 Å². The van der Waals surface area contributed by atoms with E-state index in [4.69, 9.17) is 9.47 Å². The molecule has 1 aromatic heterocycles. The molecule has 0 amide bonds. The number of aromatic nitrogens is 1. The molecule has 1 atom stereocenters. The van der Waals surface area contributed by atoms with Gasteiger partial charge in [-0.1, -0.05) is 30.3 Å². The van der Waals surface area contributed by atoms with Gasteiger partial charge >= 0.3 is 0 Å². The van der Waals surface area contributed by atoms with E-state index in [9.17, 15) is 5.11 Å². The van der Waals surface area contributed by atoms with Gasteiger partial charge in [0.15, 0.2) is 0 Å². The lowest BCUT2D eigenvalue weighted by Crippen LogP contribution is -2.25. The highest BCUT2D eigenvalue weighted by atomic mass is 16.5. The number of pyridine rings is 1. The first kappa shape index (κ1) is 19.4. The number of aliphatic hydroxyl groups excluding tert-OH is 1. The first-order valence-electron chi connectivity index (χ1n) is 10.0. The number of aliphatic hydroxyl groups is 1. The fraction of sp³-hybridized carbons (Fsp3) is 0.292. The molecule has 150 valence electrons. The zero-order chi connectivity index (χ0) is 20.1. The summed E-state index contributed by atoms with van der Waals surface area (Å²) < 4.78 is 11.7. The van der Waals surface area contributed by atoms with E-state index in [1.165, 1.54) is 5.56 Å². The predicted molar refractivity (Wildman–Crippen MR) is 112 cm³/mol. The lowest BCUT2D eigenvalue weighted by Gasteiger charge is -2.21. The van der Waals surface area contributed by atoms with Crippen molar-refractivity contribution >= 4 is 0 Å². The van der Waals surface area contributed by atoms with Crippen LogP contribution in [0.4, 0.5) is 0 Å². The largest absolute Gasteiger partial charge is 0.494 e. The van der Waals surface area contributed by atoms with Gasteiger partial charge in [-0.05, 0) is 36.8 Å². The zero-order valence-corrected chi connectivity index (χ0v) is 16.6. The summed E-state index contributed by atoms with van der Waals surface area (Å²) in [6.45, 7) is 5.65. The van der Waals surface area contributed by atoms with Crippen LogP contribution >= 0.6 is 0 Å². The summed E-state index contributed by atoms with van der Waals surface area (Å²) in [7, 11) is 0. The number of hydrogen-bond acceptors (Lipinski definition) is 5. The highest BCUT2D eigenvalue weighted by molar-refractivity contribution is 5.41. The Labute approximate surface area is 171 Å². The van der Waals surface area contributed by atoms with Gasteiger partial charge < -0.3 is 14.6 Å². The van der Waals surface area contributed by atoms with Crippen molar-refractivity contribution in [3.63, 3.8) is 0 Å². The van der Waals surface area contributed by atoms with Crippen LogP contribution in [-0.2, 0) is 13.1 Å². The molecule has 3 aromatic rings. The maximum absolute atomic E-state index is 10.7. The highest BCUT2D eigenvalue weighted by Gasteiger charge is 2.19. The first-order valence-corrected chi connectivity index (χ1v) is 10.0. The van der Waals surface area contributed by atoms with E-state index >= 15 is 0 Å². The van der Waals surface area contributed by atoms with Crippen LogP contribution in [0.5, 0.6) is 11.5 Å². The molecule has 1 aliphatic rings.